The predicted molar refractivity (Wildman–Crippen MR) is 75.9 cm³/mol. The topological polar surface area (TPSA) is 58.4 Å². The summed E-state index contributed by atoms with van der Waals surface area (Å²) in [6, 6.07) is -0.110. The Balaban J connectivity index is 0. The quantitative estimate of drug-likeness (QED) is 0.756. The van der Waals surface area contributed by atoms with Gasteiger partial charge in [-0.2, -0.15) is 0 Å². The Morgan fingerprint density at radius 2 is 2.06 bits per heavy atom. The van der Waals surface area contributed by atoms with Crippen LogP contribution in [0.3, 0.4) is 0 Å². The van der Waals surface area contributed by atoms with Crippen LogP contribution in [0.25, 0.3) is 0 Å². The van der Waals surface area contributed by atoms with Crippen LogP contribution in [-0.2, 0) is 4.79 Å². The van der Waals surface area contributed by atoms with Gasteiger partial charge in [-0.05, 0) is 19.8 Å². The monoisotopic (exact) mass is 283 g/mol. The van der Waals surface area contributed by atoms with Crippen molar-refractivity contribution in [3.8, 4) is 0 Å². The highest BCUT2D eigenvalue weighted by Crippen LogP contribution is 2.09. The Morgan fingerprint density at radius 3 is 2.47 bits per heavy atom. The van der Waals surface area contributed by atoms with Crippen LogP contribution in [0, 0.1) is 0 Å². The Labute approximate surface area is 116 Å². The number of carbonyl (C=O) groups is 1. The van der Waals surface area contributed by atoms with Gasteiger partial charge in [-0.15, -0.1) is 31.4 Å². The number of hydrogen-bond donors (Lipinski definition) is 2. The second-order valence-electron chi connectivity index (χ2n) is 4.16. The molecule has 0 aliphatic carbocycles. The van der Waals surface area contributed by atoms with E-state index in [0.29, 0.717) is 6.04 Å². The first kappa shape index (κ1) is 19.1. The van der Waals surface area contributed by atoms with Crippen LogP contribution >= 0.6 is 24.8 Å². The maximum atomic E-state index is 11.4. The summed E-state index contributed by atoms with van der Waals surface area (Å²) >= 11 is 0. The number of nitrogens with one attached hydrogen (secondary N) is 1. The summed E-state index contributed by atoms with van der Waals surface area (Å²) in [5.41, 5.74) is 5.49. The fraction of sp³-hybridized carbons (Fsp3) is 0.727. The second kappa shape index (κ2) is 9.71. The van der Waals surface area contributed by atoms with Gasteiger partial charge in [0, 0.05) is 25.7 Å². The summed E-state index contributed by atoms with van der Waals surface area (Å²) in [5.74, 6) is -0.0443. The van der Waals surface area contributed by atoms with Crippen molar-refractivity contribution in [3.63, 3.8) is 0 Å². The zero-order chi connectivity index (χ0) is 11.3. The zero-order valence-electron chi connectivity index (χ0n) is 10.2. The number of halogens is 2. The van der Waals surface area contributed by atoms with E-state index in [9.17, 15) is 4.79 Å². The lowest BCUT2D eigenvalue weighted by molar-refractivity contribution is -0.123. The SMILES string of the molecule is C=CCN1CCC(NC(=O)C(C)N)CC1.Cl.Cl. The Kier molecular flexibility index (Phi) is 10.9. The van der Waals surface area contributed by atoms with E-state index in [0.717, 1.165) is 32.5 Å². The lowest BCUT2D eigenvalue weighted by Gasteiger charge is -2.31. The Hall–Kier alpha value is -0.290. The molecule has 0 bridgehead atoms. The molecular formula is C11H23Cl2N3O. The molecule has 3 N–H and O–H groups in total. The van der Waals surface area contributed by atoms with E-state index < -0.39 is 6.04 Å². The van der Waals surface area contributed by atoms with Gasteiger partial charge in [0.15, 0.2) is 0 Å². The van der Waals surface area contributed by atoms with Crippen LogP contribution in [0.4, 0.5) is 0 Å². The highest BCUT2D eigenvalue weighted by atomic mass is 35.5. The number of nitrogens with two attached hydrogens (primary N) is 1. The highest BCUT2D eigenvalue weighted by molar-refractivity contribution is 5.85. The average molecular weight is 284 g/mol. The van der Waals surface area contributed by atoms with E-state index in [4.69, 9.17) is 5.73 Å². The van der Waals surface area contributed by atoms with Crippen LogP contribution in [0.15, 0.2) is 12.7 Å². The molecule has 1 unspecified atom stereocenters. The van der Waals surface area contributed by atoms with Crippen molar-refractivity contribution >= 4 is 30.7 Å². The minimum Gasteiger partial charge on any atom is -0.352 e. The summed E-state index contributed by atoms with van der Waals surface area (Å²) in [5, 5.41) is 2.96. The molecule has 1 saturated heterocycles. The molecule has 0 aromatic carbocycles. The second-order valence-corrected chi connectivity index (χ2v) is 4.16. The smallest absolute Gasteiger partial charge is 0.236 e. The molecule has 1 atom stereocenters. The van der Waals surface area contributed by atoms with E-state index in [-0.39, 0.29) is 30.7 Å². The predicted octanol–water partition coefficient (Wildman–Crippen LogP) is 0.944. The van der Waals surface area contributed by atoms with Crippen molar-refractivity contribution < 1.29 is 4.79 Å². The number of carbonyl (C=O) groups excluding carboxylic acids is 1. The molecule has 0 spiro atoms. The molecule has 0 saturated carbocycles. The van der Waals surface area contributed by atoms with Gasteiger partial charge < -0.3 is 11.1 Å². The van der Waals surface area contributed by atoms with E-state index >= 15 is 0 Å². The fourth-order valence-electron chi connectivity index (χ4n) is 1.78. The molecule has 6 heteroatoms. The number of likely N-dealkylation sites (tertiary alicyclic amines) is 1. The van der Waals surface area contributed by atoms with Gasteiger partial charge in [0.1, 0.15) is 0 Å². The summed E-state index contributed by atoms with van der Waals surface area (Å²) in [6.45, 7) is 8.41. The third kappa shape index (κ3) is 6.88. The van der Waals surface area contributed by atoms with Gasteiger partial charge in [0.25, 0.3) is 0 Å². The molecule has 4 nitrogen and oxygen atoms in total. The Morgan fingerprint density at radius 1 is 1.53 bits per heavy atom. The standard InChI is InChI=1S/C11H21N3O.2ClH/c1-3-6-14-7-4-10(5-8-14)13-11(15)9(2)12;;/h3,9-10H,1,4-8,12H2,2H3,(H,13,15);2*1H. The van der Waals surface area contributed by atoms with Gasteiger partial charge in [0.2, 0.25) is 5.91 Å². The van der Waals surface area contributed by atoms with Gasteiger partial charge in [-0.1, -0.05) is 6.08 Å². The summed E-state index contributed by atoms with van der Waals surface area (Å²) in [4.78, 5) is 13.7. The molecule has 1 heterocycles. The van der Waals surface area contributed by atoms with Crippen molar-refractivity contribution in [2.24, 2.45) is 5.73 Å². The van der Waals surface area contributed by atoms with E-state index in [1.807, 2.05) is 6.08 Å². The van der Waals surface area contributed by atoms with Gasteiger partial charge in [0.05, 0.1) is 6.04 Å². The maximum Gasteiger partial charge on any atom is 0.236 e. The van der Waals surface area contributed by atoms with Crippen LogP contribution in [0.5, 0.6) is 0 Å². The minimum absolute atomic E-state index is 0. The van der Waals surface area contributed by atoms with Crippen LogP contribution in [0.2, 0.25) is 0 Å². The third-order valence-corrected chi connectivity index (χ3v) is 2.73. The number of amides is 1. The summed E-state index contributed by atoms with van der Waals surface area (Å²) in [7, 11) is 0. The van der Waals surface area contributed by atoms with Crippen molar-refractivity contribution in [1.82, 2.24) is 10.2 Å². The first-order valence-electron chi connectivity index (χ1n) is 5.52. The maximum absolute atomic E-state index is 11.4. The molecule has 0 radical (unpaired) electrons. The zero-order valence-corrected chi connectivity index (χ0v) is 11.9. The molecule has 0 aromatic rings. The normalized spacial score (nSPS) is 18.5. The van der Waals surface area contributed by atoms with Crippen LogP contribution < -0.4 is 11.1 Å². The average Bonchev–Trinajstić information content (AvgIpc) is 2.21. The van der Waals surface area contributed by atoms with Crippen molar-refractivity contribution in [2.75, 3.05) is 19.6 Å². The molecule has 102 valence electrons. The van der Waals surface area contributed by atoms with E-state index in [1.54, 1.807) is 6.92 Å². The van der Waals surface area contributed by atoms with Crippen LogP contribution in [0.1, 0.15) is 19.8 Å². The highest BCUT2D eigenvalue weighted by Gasteiger charge is 2.20. The molecule has 1 aliphatic rings. The van der Waals surface area contributed by atoms with Gasteiger partial charge in [-0.25, -0.2) is 0 Å². The number of nitrogens with zero attached hydrogens (tertiary/aromatic N) is 1. The van der Waals surface area contributed by atoms with Crippen molar-refractivity contribution in [3.05, 3.63) is 12.7 Å². The van der Waals surface area contributed by atoms with Crippen molar-refractivity contribution in [2.45, 2.75) is 31.8 Å². The molecule has 1 amide bonds. The molecule has 0 aromatic heterocycles. The van der Waals surface area contributed by atoms with E-state index in [2.05, 4.69) is 16.8 Å². The number of piperidine rings is 1. The molecule has 1 fully saturated rings. The molecule has 1 rings (SSSR count). The molecular weight excluding hydrogens is 261 g/mol. The number of rotatable bonds is 4. The summed E-state index contributed by atoms with van der Waals surface area (Å²) < 4.78 is 0. The van der Waals surface area contributed by atoms with E-state index in [1.165, 1.54) is 0 Å². The lowest BCUT2D eigenvalue weighted by atomic mass is 10.0. The first-order chi connectivity index (χ1) is 7.13. The summed E-state index contributed by atoms with van der Waals surface area (Å²) in [6.07, 6.45) is 3.93. The first-order valence-corrected chi connectivity index (χ1v) is 5.52. The van der Waals surface area contributed by atoms with Crippen LogP contribution in [-0.4, -0.2) is 42.5 Å². The minimum atomic E-state index is -0.406. The third-order valence-electron chi connectivity index (χ3n) is 2.73. The van der Waals surface area contributed by atoms with Crippen molar-refractivity contribution in [1.29, 1.82) is 0 Å². The van der Waals surface area contributed by atoms with Gasteiger partial charge >= 0.3 is 0 Å². The number of hydrogen-bond acceptors (Lipinski definition) is 3. The molecule has 17 heavy (non-hydrogen) atoms. The van der Waals surface area contributed by atoms with Gasteiger partial charge in [-0.3, -0.25) is 9.69 Å². The Bertz CT molecular complexity index is 229. The fourth-order valence-corrected chi connectivity index (χ4v) is 1.78. The molecule has 1 aliphatic heterocycles. The lowest BCUT2D eigenvalue weighted by Crippen LogP contribution is -2.48. The largest absolute Gasteiger partial charge is 0.352 e.